The lowest BCUT2D eigenvalue weighted by Crippen LogP contribution is -2.51. The summed E-state index contributed by atoms with van der Waals surface area (Å²) < 4.78 is 0. The van der Waals surface area contributed by atoms with Crippen molar-refractivity contribution in [1.82, 2.24) is 5.32 Å². The van der Waals surface area contributed by atoms with Gasteiger partial charge in [-0.25, -0.2) is 0 Å². The molecule has 2 saturated carbocycles. The van der Waals surface area contributed by atoms with Gasteiger partial charge in [-0.2, -0.15) is 5.26 Å². The maximum absolute atomic E-state index is 13.0. The average molecular weight is 335 g/mol. The SMILES string of the molecule is N#C[C@@H](NC(=O)[C@@H]1CCCC[C@@H]1N1CC=Cc2ccccc21)C1CC1. The minimum atomic E-state index is -0.302. The molecular formula is C21H25N3O. The molecule has 1 amide bonds. The van der Waals surface area contributed by atoms with Crippen LogP contribution in [0.15, 0.2) is 30.3 Å². The Morgan fingerprint density at radius 1 is 1.20 bits per heavy atom. The summed E-state index contributed by atoms with van der Waals surface area (Å²) in [5, 5.41) is 12.4. The van der Waals surface area contributed by atoms with Crippen LogP contribution >= 0.6 is 0 Å². The topological polar surface area (TPSA) is 56.1 Å². The Labute approximate surface area is 149 Å². The number of amides is 1. The van der Waals surface area contributed by atoms with Crippen LogP contribution in [0.2, 0.25) is 0 Å². The Bertz CT molecular complexity index is 716. The standard InChI is InChI=1S/C21H25N3O/c22-14-18(15-11-12-15)23-21(25)17-8-2-4-10-20(17)24-13-5-7-16-6-1-3-9-19(16)24/h1,3,5-7,9,15,17-18,20H,2,4,8,10-13H2,(H,23,25)/t17-,18-,20+/m1/s1. The van der Waals surface area contributed by atoms with Crippen molar-refractivity contribution < 1.29 is 4.79 Å². The van der Waals surface area contributed by atoms with Gasteiger partial charge in [-0.15, -0.1) is 0 Å². The zero-order chi connectivity index (χ0) is 17.2. The highest BCUT2D eigenvalue weighted by molar-refractivity contribution is 5.81. The van der Waals surface area contributed by atoms with Crippen molar-refractivity contribution in [2.75, 3.05) is 11.4 Å². The van der Waals surface area contributed by atoms with Crippen molar-refractivity contribution >= 4 is 17.7 Å². The predicted molar refractivity (Wildman–Crippen MR) is 98.8 cm³/mol. The van der Waals surface area contributed by atoms with Gasteiger partial charge in [-0.1, -0.05) is 43.2 Å². The third-order valence-electron chi connectivity index (χ3n) is 5.84. The van der Waals surface area contributed by atoms with Crippen LogP contribution in [-0.4, -0.2) is 24.5 Å². The van der Waals surface area contributed by atoms with E-state index in [-0.39, 0.29) is 23.9 Å². The molecule has 3 aliphatic rings. The van der Waals surface area contributed by atoms with Crippen molar-refractivity contribution in [3.63, 3.8) is 0 Å². The number of benzene rings is 1. The van der Waals surface area contributed by atoms with Crippen LogP contribution in [0.3, 0.4) is 0 Å². The number of nitrogens with one attached hydrogen (secondary N) is 1. The van der Waals surface area contributed by atoms with Crippen LogP contribution in [0.1, 0.15) is 44.1 Å². The Morgan fingerprint density at radius 2 is 2.00 bits per heavy atom. The second kappa shape index (κ2) is 6.92. The van der Waals surface area contributed by atoms with Gasteiger partial charge in [0.1, 0.15) is 6.04 Å². The van der Waals surface area contributed by atoms with E-state index < -0.39 is 0 Å². The monoisotopic (exact) mass is 335 g/mol. The number of anilines is 1. The average Bonchev–Trinajstić information content (AvgIpc) is 3.50. The fraction of sp³-hybridized carbons (Fsp3) is 0.524. The van der Waals surface area contributed by atoms with E-state index in [4.69, 9.17) is 0 Å². The Balaban J connectivity index is 1.54. The molecule has 0 saturated heterocycles. The number of rotatable bonds is 4. The highest BCUT2D eigenvalue weighted by Crippen LogP contribution is 2.36. The molecular weight excluding hydrogens is 310 g/mol. The maximum Gasteiger partial charge on any atom is 0.226 e. The Morgan fingerprint density at radius 3 is 2.80 bits per heavy atom. The minimum Gasteiger partial charge on any atom is -0.364 e. The van der Waals surface area contributed by atoms with Gasteiger partial charge in [0.15, 0.2) is 0 Å². The molecule has 3 atom stereocenters. The summed E-state index contributed by atoms with van der Waals surface area (Å²) in [6.45, 7) is 0.857. The molecule has 1 aromatic rings. The van der Waals surface area contributed by atoms with Gasteiger partial charge in [0.05, 0.1) is 12.0 Å². The van der Waals surface area contributed by atoms with E-state index in [1.54, 1.807) is 0 Å². The minimum absolute atomic E-state index is 0.0251. The summed E-state index contributed by atoms with van der Waals surface area (Å²) in [5.41, 5.74) is 2.46. The van der Waals surface area contributed by atoms with Crippen molar-refractivity contribution in [3.05, 3.63) is 35.9 Å². The summed E-state index contributed by atoms with van der Waals surface area (Å²) in [6, 6.07) is 10.6. The molecule has 25 heavy (non-hydrogen) atoms. The zero-order valence-corrected chi connectivity index (χ0v) is 14.5. The molecule has 1 aliphatic heterocycles. The smallest absolute Gasteiger partial charge is 0.226 e. The molecule has 0 spiro atoms. The highest BCUT2D eigenvalue weighted by atomic mass is 16.2. The van der Waals surface area contributed by atoms with Crippen molar-refractivity contribution in [3.8, 4) is 6.07 Å². The normalized spacial score (nSPS) is 26.4. The van der Waals surface area contributed by atoms with E-state index >= 15 is 0 Å². The number of para-hydroxylation sites is 1. The lowest BCUT2D eigenvalue weighted by molar-refractivity contribution is -0.127. The quantitative estimate of drug-likeness (QED) is 0.916. The predicted octanol–water partition coefficient (Wildman–Crippen LogP) is 3.50. The number of nitrogens with zero attached hydrogens (tertiary/aromatic N) is 2. The lowest BCUT2D eigenvalue weighted by atomic mass is 9.81. The molecule has 4 heteroatoms. The van der Waals surface area contributed by atoms with Gasteiger partial charge in [0.25, 0.3) is 0 Å². The molecule has 0 bridgehead atoms. The second-order valence-electron chi connectivity index (χ2n) is 7.52. The zero-order valence-electron chi connectivity index (χ0n) is 14.5. The number of hydrogen-bond acceptors (Lipinski definition) is 3. The molecule has 4 rings (SSSR count). The van der Waals surface area contributed by atoms with E-state index in [9.17, 15) is 10.1 Å². The number of carbonyl (C=O) groups excluding carboxylic acids is 1. The fourth-order valence-corrected chi connectivity index (χ4v) is 4.33. The van der Waals surface area contributed by atoms with Gasteiger partial charge in [-0.05, 0) is 43.2 Å². The lowest BCUT2D eigenvalue weighted by Gasteiger charge is -2.42. The Kier molecular flexibility index (Phi) is 4.48. The van der Waals surface area contributed by atoms with Crippen LogP contribution in [0.25, 0.3) is 6.08 Å². The summed E-state index contributed by atoms with van der Waals surface area (Å²) in [7, 11) is 0. The van der Waals surface area contributed by atoms with E-state index in [0.717, 1.165) is 38.6 Å². The molecule has 2 aliphatic carbocycles. The van der Waals surface area contributed by atoms with Gasteiger partial charge < -0.3 is 10.2 Å². The first-order valence-corrected chi connectivity index (χ1v) is 9.50. The third-order valence-corrected chi connectivity index (χ3v) is 5.84. The van der Waals surface area contributed by atoms with Crippen molar-refractivity contribution in [2.24, 2.45) is 11.8 Å². The molecule has 0 radical (unpaired) electrons. The molecule has 130 valence electrons. The fourth-order valence-electron chi connectivity index (χ4n) is 4.33. The number of hydrogen-bond donors (Lipinski definition) is 1. The van der Waals surface area contributed by atoms with Gasteiger partial charge in [0, 0.05) is 18.3 Å². The molecule has 1 N–H and O–H groups in total. The molecule has 0 unspecified atom stereocenters. The first-order chi connectivity index (χ1) is 12.3. The van der Waals surface area contributed by atoms with Gasteiger partial charge in [0.2, 0.25) is 5.91 Å². The number of carbonyl (C=O) groups is 1. The maximum atomic E-state index is 13.0. The van der Waals surface area contributed by atoms with Gasteiger partial charge >= 0.3 is 0 Å². The van der Waals surface area contributed by atoms with E-state index in [0.29, 0.717) is 5.92 Å². The van der Waals surface area contributed by atoms with Crippen LogP contribution in [0.4, 0.5) is 5.69 Å². The van der Waals surface area contributed by atoms with Crippen LogP contribution in [0.5, 0.6) is 0 Å². The molecule has 1 heterocycles. The van der Waals surface area contributed by atoms with Crippen LogP contribution in [-0.2, 0) is 4.79 Å². The summed E-state index contributed by atoms with van der Waals surface area (Å²) in [5.74, 6) is 0.424. The largest absolute Gasteiger partial charge is 0.364 e. The number of fused-ring (bicyclic) bond motifs is 1. The van der Waals surface area contributed by atoms with Crippen molar-refractivity contribution in [2.45, 2.75) is 50.6 Å². The molecule has 4 nitrogen and oxygen atoms in total. The van der Waals surface area contributed by atoms with E-state index in [1.165, 1.54) is 17.7 Å². The van der Waals surface area contributed by atoms with Crippen LogP contribution in [0, 0.1) is 23.2 Å². The molecule has 2 fully saturated rings. The number of nitriles is 1. The summed E-state index contributed by atoms with van der Waals surface area (Å²) in [6.07, 6.45) is 10.7. The molecule has 0 aromatic heterocycles. The third kappa shape index (κ3) is 3.28. The van der Waals surface area contributed by atoms with E-state index in [2.05, 4.69) is 52.7 Å². The summed E-state index contributed by atoms with van der Waals surface area (Å²) in [4.78, 5) is 15.4. The molecule has 1 aromatic carbocycles. The van der Waals surface area contributed by atoms with Gasteiger partial charge in [-0.3, -0.25) is 4.79 Å². The first-order valence-electron chi connectivity index (χ1n) is 9.50. The summed E-state index contributed by atoms with van der Waals surface area (Å²) >= 11 is 0. The highest BCUT2D eigenvalue weighted by Gasteiger charge is 2.39. The van der Waals surface area contributed by atoms with E-state index in [1.807, 2.05) is 0 Å². The first kappa shape index (κ1) is 16.2. The second-order valence-corrected chi connectivity index (χ2v) is 7.52. The van der Waals surface area contributed by atoms with Crippen molar-refractivity contribution in [1.29, 1.82) is 5.26 Å². The van der Waals surface area contributed by atoms with Crippen LogP contribution < -0.4 is 10.2 Å². The Hall–Kier alpha value is -2.28.